The number of hydrogen-bond donors (Lipinski definition) is 1. The van der Waals surface area contributed by atoms with E-state index in [9.17, 15) is 18.4 Å². The van der Waals surface area contributed by atoms with Crippen molar-refractivity contribution in [2.75, 3.05) is 20.2 Å². The van der Waals surface area contributed by atoms with Crippen molar-refractivity contribution in [2.24, 2.45) is 0 Å². The van der Waals surface area contributed by atoms with Crippen molar-refractivity contribution in [1.82, 2.24) is 15.2 Å². The summed E-state index contributed by atoms with van der Waals surface area (Å²) in [7, 11) is 1.61. The number of benzene rings is 2. The molecule has 1 aliphatic rings. The molecule has 0 aliphatic carbocycles. The third-order valence-corrected chi connectivity index (χ3v) is 6.08. The summed E-state index contributed by atoms with van der Waals surface area (Å²) in [5.74, 6) is -3.62. The zero-order chi connectivity index (χ0) is 25.9. The van der Waals surface area contributed by atoms with Gasteiger partial charge in [0.2, 0.25) is 5.91 Å². The van der Waals surface area contributed by atoms with Gasteiger partial charge in [-0.1, -0.05) is 24.3 Å². The fourth-order valence-corrected chi connectivity index (χ4v) is 4.17. The predicted molar refractivity (Wildman–Crippen MR) is 131 cm³/mol. The average Bonchev–Trinajstić information content (AvgIpc) is 3.21. The molecule has 3 aromatic rings. The summed E-state index contributed by atoms with van der Waals surface area (Å²) in [6.45, 7) is 0.631. The first-order chi connectivity index (χ1) is 17.2. The Morgan fingerprint density at radius 2 is 2.00 bits per heavy atom. The normalized spacial score (nSPS) is 17.0. The first kappa shape index (κ1) is 24.8. The highest BCUT2D eigenvalue weighted by atomic mass is 19.3. The van der Waals surface area contributed by atoms with E-state index in [1.54, 1.807) is 13.2 Å². The molecule has 1 fully saturated rings. The topological polar surface area (TPSA) is 95.3 Å². The van der Waals surface area contributed by atoms with Gasteiger partial charge in [0.05, 0.1) is 37.3 Å². The third kappa shape index (κ3) is 5.33. The molecule has 1 N–H and O–H groups in total. The minimum absolute atomic E-state index is 0.301. The van der Waals surface area contributed by atoms with Crippen LogP contribution in [0.2, 0.25) is 0 Å². The second-order valence-corrected chi connectivity index (χ2v) is 8.60. The predicted octanol–water partition coefficient (Wildman–Crippen LogP) is 4.29. The Morgan fingerprint density at radius 1 is 1.25 bits per heavy atom. The number of pyridine rings is 1. The number of carbonyl (C=O) groups excluding carboxylic acids is 2. The minimum atomic E-state index is -3.12. The van der Waals surface area contributed by atoms with Crippen LogP contribution in [0.5, 0.6) is 5.75 Å². The maximum atomic E-state index is 13.7. The molecule has 184 valence electrons. The maximum Gasteiger partial charge on any atom is 0.268 e. The Kier molecular flexibility index (Phi) is 6.97. The quantitative estimate of drug-likeness (QED) is 0.520. The molecule has 4 rings (SSSR count). The number of nitriles is 1. The van der Waals surface area contributed by atoms with E-state index >= 15 is 0 Å². The molecule has 7 nitrogen and oxygen atoms in total. The zero-order valence-electron chi connectivity index (χ0n) is 19.8. The summed E-state index contributed by atoms with van der Waals surface area (Å²) >= 11 is 0. The zero-order valence-corrected chi connectivity index (χ0v) is 19.8. The highest BCUT2D eigenvalue weighted by Gasteiger charge is 2.47. The Bertz CT molecular complexity index is 1380. The number of hydrogen-bond acceptors (Lipinski definition) is 5. The van der Waals surface area contributed by atoms with Crippen molar-refractivity contribution in [3.8, 4) is 11.8 Å². The number of likely N-dealkylation sites (tertiary alicyclic amines) is 1. The monoisotopic (exact) mass is 490 g/mol. The second-order valence-electron chi connectivity index (χ2n) is 8.60. The fraction of sp³-hybridized carbons (Fsp3) is 0.259. The highest BCUT2D eigenvalue weighted by Crippen LogP contribution is 2.31. The van der Waals surface area contributed by atoms with Crippen molar-refractivity contribution in [2.45, 2.75) is 25.3 Å². The Hall–Kier alpha value is -4.32. The van der Waals surface area contributed by atoms with E-state index in [1.165, 1.54) is 12.3 Å². The first-order valence-corrected chi connectivity index (χ1v) is 11.3. The number of nitrogens with zero attached hydrogens (tertiary/aromatic N) is 3. The van der Waals surface area contributed by atoms with Gasteiger partial charge in [0, 0.05) is 18.0 Å². The van der Waals surface area contributed by atoms with Crippen molar-refractivity contribution in [3.63, 3.8) is 0 Å². The van der Waals surface area contributed by atoms with Crippen molar-refractivity contribution in [3.05, 3.63) is 71.4 Å². The lowest BCUT2D eigenvalue weighted by Gasteiger charge is -2.19. The van der Waals surface area contributed by atoms with Gasteiger partial charge in [0.15, 0.2) is 0 Å². The van der Waals surface area contributed by atoms with Crippen molar-refractivity contribution < 1.29 is 23.1 Å². The summed E-state index contributed by atoms with van der Waals surface area (Å²) in [4.78, 5) is 30.5. The Morgan fingerprint density at radius 3 is 2.69 bits per heavy atom. The lowest BCUT2D eigenvalue weighted by atomic mass is 10.00. The standard InChI is InChI=1S/C27H24F2N4O3/c1-17(11-18-3-6-21(36-2)7-4-18)19-5-8-24-23(12-19)22(9-10-31-24)26(35)32-15-25(34)33-16-27(28,29)13-20(33)14-30/h3-12,20H,13,15-16H2,1-2H3,(H,32,35)/b17-11+. The number of aromatic nitrogens is 1. The van der Waals surface area contributed by atoms with Crippen LogP contribution in [0.15, 0.2) is 54.7 Å². The molecule has 0 spiro atoms. The van der Waals surface area contributed by atoms with Crippen LogP contribution in [0.3, 0.4) is 0 Å². The van der Waals surface area contributed by atoms with E-state index in [0.717, 1.165) is 27.3 Å². The highest BCUT2D eigenvalue weighted by molar-refractivity contribution is 6.07. The first-order valence-electron chi connectivity index (χ1n) is 11.3. The van der Waals surface area contributed by atoms with Crippen LogP contribution in [0.4, 0.5) is 8.78 Å². The van der Waals surface area contributed by atoms with E-state index < -0.39 is 43.3 Å². The molecule has 36 heavy (non-hydrogen) atoms. The molecule has 1 saturated heterocycles. The Balaban J connectivity index is 1.53. The average molecular weight is 491 g/mol. The van der Waals surface area contributed by atoms with Crippen LogP contribution in [0, 0.1) is 11.3 Å². The van der Waals surface area contributed by atoms with Gasteiger partial charge in [-0.05, 0) is 54.0 Å². The number of ether oxygens (including phenoxy) is 1. The molecule has 0 bridgehead atoms. The maximum absolute atomic E-state index is 13.7. The van der Waals surface area contributed by atoms with Crippen LogP contribution in [-0.4, -0.2) is 53.9 Å². The number of nitrogens with one attached hydrogen (secondary N) is 1. The van der Waals surface area contributed by atoms with E-state index in [1.807, 2.05) is 55.5 Å². The molecule has 1 aliphatic heterocycles. The van der Waals surface area contributed by atoms with Gasteiger partial charge in [-0.15, -0.1) is 0 Å². The van der Waals surface area contributed by atoms with Crippen molar-refractivity contribution in [1.29, 1.82) is 5.26 Å². The van der Waals surface area contributed by atoms with Crippen LogP contribution >= 0.6 is 0 Å². The fourth-order valence-electron chi connectivity index (χ4n) is 4.17. The number of carbonyl (C=O) groups is 2. The smallest absolute Gasteiger partial charge is 0.268 e. The Labute approximate surface area is 207 Å². The molecule has 9 heteroatoms. The number of methoxy groups -OCH3 is 1. The van der Waals surface area contributed by atoms with E-state index in [-0.39, 0.29) is 0 Å². The van der Waals surface area contributed by atoms with E-state index in [4.69, 9.17) is 10.00 Å². The molecular formula is C27H24F2N4O3. The largest absolute Gasteiger partial charge is 0.497 e. The number of alkyl halides is 2. The number of allylic oxidation sites excluding steroid dienone is 1. The van der Waals surface area contributed by atoms with Crippen LogP contribution in [0.25, 0.3) is 22.6 Å². The second kappa shape index (κ2) is 10.1. The summed E-state index contributed by atoms with van der Waals surface area (Å²) in [5.41, 5.74) is 3.73. The SMILES string of the molecule is COc1ccc(/C=C(\C)c2ccc3nccc(C(=O)NCC(=O)N4CC(F)(F)CC4C#N)c3c2)cc1. The summed E-state index contributed by atoms with van der Waals surface area (Å²) in [6, 6.07) is 15.2. The molecule has 2 amide bonds. The van der Waals surface area contributed by atoms with Crippen LogP contribution in [0.1, 0.15) is 34.8 Å². The minimum Gasteiger partial charge on any atom is -0.497 e. The lowest BCUT2D eigenvalue weighted by Crippen LogP contribution is -2.43. The number of fused-ring (bicyclic) bond motifs is 1. The van der Waals surface area contributed by atoms with Gasteiger partial charge in [-0.2, -0.15) is 5.26 Å². The van der Waals surface area contributed by atoms with E-state index in [0.29, 0.717) is 16.5 Å². The van der Waals surface area contributed by atoms with Gasteiger partial charge in [-0.3, -0.25) is 14.6 Å². The molecule has 2 heterocycles. The molecule has 0 saturated carbocycles. The molecule has 1 aromatic heterocycles. The molecule has 1 atom stereocenters. The lowest BCUT2D eigenvalue weighted by molar-refractivity contribution is -0.131. The number of amides is 2. The summed E-state index contributed by atoms with van der Waals surface area (Å²) < 4.78 is 32.5. The third-order valence-electron chi connectivity index (χ3n) is 6.08. The molecule has 1 unspecified atom stereocenters. The van der Waals surface area contributed by atoms with Gasteiger partial charge in [0.1, 0.15) is 11.8 Å². The summed E-state index contributed by atoms with van der Waals surface area (Å²) in [5, 5.41) is 12.2. The number of halogens is 2. The van der Waals surface area contributed by atoms with E-state index in [2.05, 4.69) is 10.3 Å². The summed E-state index contributed by atoms with van der Waals surface area (Å²) in [6.07, 6.45) is 2.79. The van der Waals surface area contributed by atoms with Gasteiger partial charge >= 0.3 is 0 Å². The van der Waals surface area contributed by atoms with Gasteiger partial charge in [-0.25, -0.2) is 8.78 Å². The number of rotatable bonds is 6. The van der Waals surface area contributed by atoms with Gasteiger partial charge < -0.3 is 15.0 Å². The van der Waals surface area contributed by atoms with Crippen LogP contribution in [-0.2, 0) is 4.79 Å². The van der Waals surface area contributed by atoms with Crippen LogP contribution < -0.4 is 10.1 Å². The van der Waals surface area contributed by atoms with Crippen molar-refractivity contribution >= 4 is 34.4 Å². The molecule has 0 radical (unpaired) electrons. The van der Waals surface area contributed by atoms with Gasteiger partial charge in [0.25, 0.3) is 11.8 Å². The molecule has 2 aromatic carbocycles. The molecular weight excluding hydrogens is 466 g/mol.